The average molecular weight is 458 g/mol. The first kappa shape index (κ1) is 23.9. The lowest BCUT2D eigenvalue weighted by atomic mass is 9.97. The zero-order chi connectivity index (χ0) is 22.6. The number of amides is 3. The van der Waals surface area contributed by atoms with E-state index in [0.717, 1.165) is 17.7 Å². The summed E-state index contributed by atoms with van der Waals surface area (Å²) in [6.45, 7) is 0.566. The van der Waals surface area contributed by atoms with Crippen LogP contribution in [-0.2, 0) is 4.79 Å². The number of nitrogens with one attached hydrogen (secondary N) is 3. The number of benzene rings is 1. The van der Waals surface area contributed by atoms with Gasteiger partial charge < -0.3 is 20.4 Å². The Morgan fingerprint density at radius 2 is 1.56 bits per heavy atom. The Kier molecular flexibility index (Phi) is 9.68. The smallest absolute Gasteiger partial charge is 0.287 e. The molecule has 0 atom stereocenters. The summed E-state index contributed by atoms with van der Waals surface area (Å²) in [7, 11) is 0. The van der Waals surface area contributed by atoms with Crippen LogP contribution in [0, 0.1) is 0 Å². The molecule has 0 spiro atoms. The van der Waals surface area contributed by atoms with Crippen molar-refractivity contribution < 1.29 is 18.8 Å². The van der Waals surface area contributed by atoms with Crippen LogP contribution in [0.15, 0.2) is 52.0 Å². The summed E-state index contributed by atoms with van der Waals surface area (Å²) < 4.78 is 5.03. The Bertz CT molecular complexity index is 877. The number of furan rings is 1. The lowest BCUT2D eigenvalue weighted by Gasteiger charge is -2.21. The highest BCUT2D eigenvalue weighted by molar-refractivity contribution is 8.00. The molecular weight excluding hydrogens is 426 g/mol. The highest BCUT2D eigenvalue weighted by Gasteiger charge is 2.16. The van der Waals surface area contributed by atoms with Gasteiger partial charge in [-0.1, -0.05) is 44.2 Å². The Labute approximate surface area is 193 Å². The molecule has 0 saturated heterocycles. The summed E-state index contributed by atoms with van der Waals surface area (Å²) in [4.78, 5) is 37.7. The number of carbonyl (C=O) groups is 3. The van der Waals surface area contributed by atoms with Crippen LogP contribution in [0.3, 0.4) is 0 Å². The zero-order valence-corrected chi connectivity index (χ0v) is 19.0. The van der Waals surface area contributed by atoms with Crippen molar-refractivity contribution in [3.05, 3.63) is 54.0 Å². The maximum atomic E-state index is 12.6. The fourth-order valence-corrected chi connectivity index (χ4v) is 4.60. The van der Waals surface area contributed by atoms with Crippen LogP contribution in [0.4, 0.5) is 0 Å². The van der Waals surface area contributed by atoms with Crippen molar-refractivity contribution in [2.24, 2.45) is 0 Å². The molecule has 1 aliphatic carbocycles. The molecule has 0 unspecified atom stereocenters. The minimum Gasteiger partial charge on any atom is -0.459 e. The van der Waals surface area contributed by atoms with Gasteiger partial charge >= 0.3 is 0 Å². The van der Waals surface area contributed by atoms with Gasteiger partial charge in [-0.3, -0.25) is 14.4 Å². The largest absolute Gasteiger partial charge is 0.459 e. The van der Waals surface area contributed by atoms with Crippen LogP contribution in [0.2, 0.25) is 0 Å². The maximum absolute atomic E-state index is 12.6. The molecule has 0 bridgehead atoms. The van der Waals surface area contributed by atoms with Gasteiger partial charge in [-0.05, 0) is 37.1 Å². The van der Waals surface area contributed by atoms with E-state index >= 15 is 0 Å². The second-order valence-electron chi connectivity index (χ2n) is 7.88. The second kappa shape index (κ2) is 13.0. The van der Waals surface area contributed by atoms with Crippen LogP contribution in [0.25, 0.3) is 0 Å². The monoisotopic (exact) mass is 457 g/mol. The van der Waals surface area contributed by atoms with Gasteiger partial charge in [0.1, 0.15) is 0 Å². The predicted octanol–water partition coefficient (Wildman–Crippen LogP) is 3.76. The van der Waals surface area contributed by atoms with Crippen molar-refractivity contribution >= 4 is 29.5 Å². The van der Waals surface area contributed by atoms with E-state index in [9.17, 15) is 14.4 Å². The third kappa shape index (κ3) is 7.75. The fourth-order valence-electron chi connectivity index (χ4n) is 3.74. The van der Waals surface area contributed by atoms with Crippen LogP contribution in [-0.4, -0.2) is 42.6 Å². The van der Waals surface area contributed by atoms with Crippen LogP contribution >= 0.6 is 11.8 Å². The highest BCUT2D eigenvalue weighted by atomic mass is 32.2. The summed E-state index contributed by atoms with van der Waals surface area (Å²) in [5, 5.41) is 8.66. The lowest BCUT2D eigenvalue weighted by Crippen LogP contribution is -2.36. The molecule has 3 rings (SSSR count). The molecule has 2 aromatic rings. The molecule has 3 amide bonds. The molecule has 1 aliphatic rings. The zero-order valence-electron chi connectivity index (χ0n) is 18.2. The van der Waals surface area contributed by atoms with Gasteiger partial charge in [-0.2, -0.15) is 0 Å². The van der Waals surface area contributed by atoms with Crippen LogP contribution in [0.5, 0.6) is 0 Å². The summed E-state index contributed by atoms with van der Waals surface area (Å²) in [5.74, 6) is -0.0385. The number of carbonyl (C=O) groups excluding carboxylic acids is 3. The number of thioether (sulfide) groups is 1. The molecular formula is C24H31N3O4S. The number of hydrogen-bond acceptors (Lipinski definition) is 5. The maximum Gasteiger partial charge on any atom is 0.287 e. The third-order valence-electron chi connectivity index (χ3n) is 5.40. The summed E-state index contributed by atoms with van der Waals surface area (Å²) in [6.07, 6.45) is 9.66. The minimum absolute atomic E-state index is 0.0106. The molecule has 1 fully saturated rings. The van der Waals surface area contributed by atoms with E-state index in [1.165, 1.54) is 50.1 Å². The summed E-state index contributed by atoms with van der Waals surface area (Å²) >= 11 is 1.37. The van der Waals surface area contributed by atoms with Crippen molar-refractivity contribution in [2.45, 2.75) is 55.9 Å². The van der Waals surface area contributed by atoms with Gasteiger partial charge in [-0.15, -0.1) is 11.8 Å². The second-order valence-corrected chi connectivity index (χ2v) is 8.90. The van der Waals surface area contributed by atoms with Gasteiger partial charge in [0.15, 0.2) is 5.76 Å². The Balaban J connectivity index is 1.43. The van der Waals surface area contributed by atoms with Crippen molar-refractivity contribution in [1.29, 1.82) is 0 Å². The Hall–Kier alpha value is -2.74. The normalized spacial score (nSPS) is 14.8. The van der Waals surface area contributed by atoms with E-state index in [4.69, 9.17) is 4.42 Å². The van der Waals surface area contributed by atoms with Crippen molar-refractivity contribution in [3.8, 4) is 0 Å². The van der Waals surface area contributed by atoms with E-state index in [-0.39, 0.29) is 48.4 Å². The molecule has 1 heterocycles. The molecule has 0 aliphatic heterocycles. The van der Waals surface area contributed by atoms with E-state index < -0.39 is 0 Å². The molecule has 8 heteroatoms. The molecule has 32 heavy (non-hydrogen) atoms. The lowest BCUT2D eigenvalue weighted by molar-refractivity contribution is -0.119. The Morgan fingerprint density at radius 1 is 0.875 bits per heavy atom. The molecule has 0 radical (unpaired) electrons. The van der Waals surface area contributed by atoms with E-state index in [1.54, 1.807) is 24.3 Å². The van der Waals surface area contributed by atoms with Gasteiger partial charge in [0, 0.05) is 24.0 Å². The van der Waals surface area contributed by atoms with Crippen molar-refractivity contribution in [1.82, 2.24) is 16.0 Å². The first-order chi connectivity index (χ1) is 15.6. The minimum atomic E-state index is -0.324. The van der Waals surface area contributed by atoms with Gasteiger partial charge in [0.05, 0.1) is 17.6 Å². The molecule has 7 nitrogen and oxygen atoms in total. The molecule has 1 aromatic carbocycles. The topological polar surface area (TPSA) is 100 Å². The standard InChI is InChI=1S/C24H31N3O4S/c28-22(27-18-9-4-2-1-3-5-10-18)17-32-21-13-7-6-11-19(21)23(29)25-14-15-26-24(30)20-12-8-16-31-20/h6-8,11-13,16,18H,1-5,9-10,14-15,17H2,(H,25,29)(H,26,30)(H,27,28). The average Bonchev–Trinajstić information content (AvgIpc) is 3.32. The first-order valence-electron chi connectivity index (χ1n) is 11.2. The number of hydrogen-bond donors (Lipinski definition) is 3. The van der Waals surface area contributed by atoms with Crippen molar-refractivity contribution in [3.63, 3.8) is 0 Å². The molecule has 3 N–H and O–H groups in total. The van der Waals surface area contributed by atoms with E-state index in [1.807, 2.05) is 12.1 Å². The number of rotatable bonds is 9. The van der Waals surface area contributed by atoms with Crippen molar-refractivity contribution in [2.75, 3.05) is 18.8 Å². The quantitative estimate of drug-likeness (QED) is 0.393. The Morgan fingerprint density at radius 3 is 2.28 bits per heavy atom. The SMILES string of the molecule is O=C(CSc1ccccc1C(=O)NCCNC(=O)c1ccco1)NC1CCCCCCC1. The summed E-state index contributed by atoms with van der Waals surface area (Å²) in [6, 6.07) is 10.7. The predicted molar refractivity (Wildman–Crippen MR) is 125 cm³/mol. The van der Waals surface area contributed by atoms with Gasteiger partial charge in [0.2, 0.25) is 5.91 Å². The summed E-state index contributed by atoms with van der Waals surface area (Å²) in [5.41, 5.74) is 0.522. The molecule has 1 aromatic heterocycles. The third-order valence-corrected chi connectivity index (χ3v) is 6.48. The molecule has 172 valence electrons. The van der Waals surface area contributed by atoms with Crippen LogP contribution in [0.1, 0.15) is 65.9 Å². The molecule has 1 saturated carbocycles. The van der Waals surface area contributed by atoms with E-state index in [2.05, 4.69) is 16.0 Å². The first-order valence-corrected chi connectivity index (χ1v) is 12.2. The fraction of sp³-hybridized carbons (Fsp3) is 0.458. The van der Waals surface area contributed by atoms with Crippen LogP contribution < -0.4 is 16.0 Å². The van der Waals surface area contributed by atoms with Gasteiger partial charge in [-0.25, -0.2) is 0 Å². The highest BCUT2D eigenvalue weighted by Crippen LogP contribution is 2.23. The van der Waals surface area contributed by atoms with Gasteiger partial charge in [0.25, 0.3) is 11.8 Å². The van der Waals surface area contributed by atoms with E-state index in [0.29, 0.717) is 5.56 Å².